The molecule has 6 heteroatoms. The van der Waals surface area contributed by atoms with Gasteiger partial charge in [-0.15, -0.1) is 0 Å². The van der Waals surface area contributed by atoms with E-state index in [1.165, 1.54) is 0 Å². The van der Waals surface area contributed by atoms with E-state index in [4.69, 9.17) is 11.6 Å². The van der Waals surface area contributed by atoms with Crippen LogP contribution in [0.5, 0.6) is 0 Å². The molecule has 0 aliphatic carbocycles. The molecule has 0 bridgehead atoms. The smallest absolute Gasteiger partial charge is 0.238 e. The van der Waals surface area contributed by atoms with Crippen LogP contribution in [-0.2, 0) is 4.79 Å². The highest BCUT2D eigenvalue weighted by atomic mass is 35.5. The average Bonchev–Trinajstić information content (AvgIpc) is 2.29. The molecule has 2 heterocycles. The Morgan fingerprint density at radius 2 is 2.44 bits per heavy atom. The molecule has 1 aromatic rings. The maximum Gasteiger partial charge on any atom is 0.238 e. The molecule has 98 valence electrons. The van der Waals surface area contributed by atoms with Gasteiger partial charge in [-0.05, 0) is 18.7 Å². The predicted octanol–water partition coefficient (Wildman–Crippen LogP) is 0.967. The van der Waals surface area contributed by atoms with E-state index >= 15 is 0 Å². The van der Waals surface area contributed by atoms with Crippen LogP contribution in [0.25, 0.3) is 0 Å². The molecule has 18 heavy (non-hydrogen) atoms. The largest absolute Gasteiger partial charge is 0.322 e. The lowest BCUT2D eigenvalue weighted by Crippen LogP contribution is -2.58. The first-order valence-electron chi connectivity index (χ1n) is 6.06. The number of carbonyl (C=O) groups is 1. The van der Waals surface area contributed by atoms with Crippen molar-refractivity contribution in [2.24, 2.45) is 0 Å². The Morgan fingerprint density at radius 1 is 1.67 bits per heavy atom. The lowest BCUT2D eigenvalue weighted by atomic mass is 10.1. The third kappa shape index (κ3) is 3.19. The Bertz CT molecular complexity index is 422. The second-order valence-electron chi connectivity index (χ2n) is 4.27. The summed E-state index contributed by atoms with van der Waals surface area (Å²) in [6, 6.07) is 3.95. The van der Waals surface area contributed by atoms with Gasteiger partial charge in [-0.3, -0.25) is 9.69 Å². The fourth-order valence-corrected chi connectivity index (χ4v) is 2.05. The standard InChI is InChI=1S/C12H17ClN4O/c1-2-17(9-6-14-7-9)8-11(18)16-10-4-3-5-15-12(10)13/h3-5,9,14H,2,6-8H2,1H3,(H,16,18). The van der Waals surface area contributed by atoms with Gasteiger partial charge >= 0.3 is 0 Å². The van der Waals surface area contributed by atoms with Crippen LogP contribution in [0.2, 0.25) is 5.15 Å². The third-order valence-corrected chi connectivity index (χ3v) is 3.36. The molecule has 1 fully saturated rings. The zero-order chi connectivity index (χ0) is 13.0. The van der Waals surface area contributed by atoms with Crippen LogP contribution < -0.4 is 10.6 Å². The highest BCUT2D eigenvalue weighted by Gasteiger charge is 2.24. The number of nitrogens with zero attached hydrogens (tertiary/aromatic N) is 2. The van der Waals surface area contributed by atoms with Crippen LogP contribution in [-0.4, -0.2) is 48.0 Å². The summed E-state index contributed by atoms with van der Waals surface area (Å²) in [6.07, 6.45) is 1.59. The summed E-state index contributed by atoms with van der Waals surface area (Å²) >= 11 is 5.89. The van der Waals surface area contributed by atoms with Crippen molar-refractivity contribution < 1.29 is 4.79 Å². The van der Waals surface area contributed by atoms with Crippen molar-refractivity contribution >= 4 is 23.2 Å². The van der Waals surface area contributed by atoms with Gasteiger partial charge in [-0.1, -0.05) is 18.5 Å². The first-order valence-corrected chi connectivity index (χ1v) is 6.43. The molecular formula is C12H17ClN4O. The monoisotopic (exact) mass is 268 g/mol. The first-order chi connectivity index (χ1) is 8.70. The zero-order valence-electron chi connectivity index (χ0n) is 10.3. The lowest BCUT2D eigenvalue weighted by Gasteiger charge is -2.37. The predicted molar refractivity (Wildman–Crippen MR) is 71.8 cm³/mol. The van der Waals surface area contributed by atoms with Gasteiger partial charge in [0.25, 0.3) is 0 Å². The van der Waals surface area contributed by atoms with Crippen LogP contribution in [0.15, 0.2) is 18.3 Å². The van der Waals surface area contributed by atoms with Gasteiger partial charge in [0.15, 0.2) is 5.15 Å². The van der Waals surface area contributed by atoms with E-state index in [2.05, 4.69) is 27.4 Å². The molecule has 1 aliphatic rings. The number of carbonyl (C=O) groups excluding carboxylic acids is 1. The average molecular weight is 269 g/mol. The van der Waals surface area contributed by atoms with E-state index in [9.17, 15) is 4.79 Å². The molecule has 0 radical (unpaired) electrons. The van der Waals surface area contributed by atoms with E-state index in [-0.39, 0.29) is 5.91 Å². The Balaban J connectivity index is 1.89. The van der Waals surface area contributed by atoms with Crippen LogP contribution in [0.1, 0.15) is 6.92 Å². The quantitative estimate of drug-likeness (QED) is 0.782. The van der Waals surface area contributed by atoms with Gasteiger partial charge in [0.2, 0.25) is 5.91 Å². The molecule has 2 rings (SSSR count). The number of aromatic nitrogens is 1. The van der Waals surface area contributed by atoms with Crippen LogP contribution >= 0.6 is 11.6 Å². The van der Waals surface area contributed by atoms with Crippen LogP contribution in [0.3, 0.4) is 0 Å². The topological polar surface area (TPSA) is 57.3 Å². The highest BCUT2D eigenvalue weighted by molar-refractivity contribution is 6.32. The molecule has 0 unspecified atom stereocenters. The molecule has 1 aromatic heterocycles. The van der Waals surface area contributed by atoms with Crippen molar-refractivity contribution in [1.82, 2.24) is 15.2 Å². The first kappa shape index (κ1) is 13.3. The molecule has 1 amide bonds. The number of halogens is 1. The van der Waals surface area contributed by atoms with Gasteiger partial charge in [0.05, 0.1) is 12.2 Å². The van der Waals surface area contributed by atoms with Crippen molar-refractivity contribution in [1.29, 1.82) is 0 Å². The fourth-order valence-electron chi connectivity index (χ4n) is 1.88. The molecule has 1 aliphatic heterocycles. The SMILES string of the molecule is CCN(CC(=O)Nc1cccnc1Cl)C1CNC1. The summed E-state index contributed by atoms with van der Waals surface area (Å²) in [5, 5.41) is 6.30. The highest BCUT2D eigenvalue weighted by Crippen LogP contribution is 2.17. The summed E-state index contributed by atoms with van der Waals surface area (Å²) < 4.78 is 0. The van der Waals surface area contributed by atoms with E-state index in [0.717, 1.165) is 19.6 Å². The number of hydrogen-bond donors (Lipinski definition) is 2. The summed E-state index contributed by atoms with van der Waals surface area (Å²) in [5.74, 6) is -0.0568. The summed E-state index contributed by atoms with van der Waals surface area (Å²) in [6.45, 7) is 5.21. The van der Waals surface area contributed by atoms with Crippen molar-refractivity contribution in [2.45, 2.75) is 13.0 Å². The van der Waals surface area contributed by atoms with E-state index in [0.29, 0.717) is 23.4 Å². The second-order valence-corrected chi connectivity index (χ2v) is 4.62. The molecule has 2 N–H and O–H groups in total. The van der Waals surface area contributed by atoms with Crippen LogP contribution in [0.4, 0.5) is 5.69 Å². The van der Waals surface area contributed by atoms with Gasteiger partial charge < -0.3 is 10.6 Å². The minimum Gasteiger partial charge on any atom is -0.322 e. The van der Waals surface area contributed by atoms with Gasteiger partial charge in [-0.25, -0.2) is 4.98 Å². The Kier molecular flexibility index (Phi) is 4.52. The summed E-state index contributed by atoms with van der Waals surface area (Å²) in [4.78, 5) is 18.0. The number of amides is 1. The molecule has 0 spiro atoms. The normalized spacial score (nSPS) is 15.5. The Morgan fingerprint density at radius 3 is 3.00 bits per heavy atom. The number of likely N-dealkylation sites (N-methyl/N-ethyl adjacent to an activating group) is 1. The maximum absolute atomic E-state index is 11.9. The molecule has 0 atom stereocenters. The number of pyridine rings is 1. The van der Waals surface area contributed by atoms with E-state index in [1.54, 1.807) is 18.3 Å². The summed E-state index contributed by atoms with van der Waals surface area (Å²) in [5.41, 5.74) is 0.562. The molecule has 5 nitrogen and oxygen atoms in total. The molecular weight excluding hydrogens is 252 g/mol. The fraction of sp³-hybridized carbons (Fsp3) is 0.500. The number of nitrogens with one attached hydrogen (secondary N) is 2. The third-order valence-electron chi connectivity index (χ3n) is 3.06. The zero-order valence-corrected chi connectivity index (χ0v) is 11.1. The van der Waals surface area contributed by atoms with Gasteiger partial charge in [0.1, 0.15) is 0 Å². The number of hydrogen-bond acceptors (Lipinski definition) is 4. The van der Waals surface area contributed by atoms with Crippen molar-refractivity contribution in [2.75, 3.05) is 31.5 Å². The Hall–Kier alpha value is -1.17. The van der Waals surface area contributed by atoms with E-state index < -0.39 is 0 Å². The van der Waals surface area contributed by atoms with Crippen molar-refractivity contribution in [3.8, 4) is 0 Å². The molecule has 0 saturated carbocycles. The van der Waals surface area contributed by atoms with Crippen LogP contribution in [0, 0.1) is 0 Å². The number of anilines is 1. The van der Waals surface area contributed by atoms with Crippen molar-refractivity contribution in [3.63, 3.8) is 0 Å². The summed E-state index contributed by atoms with van der Waals surface area (Å²) in [7, 11) is 0. The molecule has 1 saturated heterocycles. The second kappa shape index (κ2) is 6.13. The lowest BCUT2D eigenvalue weighted by molar-refractivity contribution is -0.118. The van der Waals surface area contributed by atoms with Gasteiger partial charge in [-0.2, -0.15) is 0 Å². The molecule has 0 aromatic carbocycles. The van der Waals surface area contributed by atoms with Gasteiger partial charge in [0, 0.05) is 25.3 Å². The minimum atomic E-state index is -0.0568. The Labute approximate surface area is 112 Å². The van der Waals surface area contributed by atoms with Crippen molar-refractivity contribution in [3.05, 3.63) is 23.5 Å². The minimum absolute atomic E-state index is 0.0568. The van der Waals surface area contributed by atoms with E-state index in [1.807, 2.05) is 0 Å². The number of rotatable bonds is 5. The maximum atomic E-state index is 11.9.